The van der Waals surface area contributed by atoms with E-state index in [9.17, 15) is 9.90 Å². The molecule has 0 aliphatic heterocycles. The minimum absolute atomic E-state index is 0.0747. The normalized spacial score (nSPS) is 10.1. The molecule has 16 heavy (non-hydrogen) atoms. The minimum Gasteiger partial charge on any atom is -0.506 e. The summed E-state index contributed by atoms with van der Waals surface area (Å²) in [6.45, 7) is 0. The number of hydrogen-bond donors (Lipinski definition) is 1. The van der Waals surface area contributed by atoms with E-state index in [1.807, 2.05) is 0 Å². The number of esters is 1. The van der Waals surface area contributed by atoms with Crippen molar-refractivity contribution in [2.24, 2.45) is 0 Å². The molecule has 0 fully saturated rings. The monoisotopic (exact) mass is 218 g/mol. The molecule has 1 aromatic heterocycles. The van der Waals surface area contributed by atoms with Gasteiger partial charge in [-0.25, -0.2) is 9.78 Å². The number of rotatable bonds is 2. The van der Waals surface area contributed by atoms with Gasteiger partial charge < -0.3 is 9.84 Å². The van der Waals surface area contributed by atoms with Crippen LogP contribution in [0.5, 0.6) is 5.75 Å². The van der Waals surface area contributed by atoms with Gasteiger partial charge in [-0.1, -0.05) is 12.1 Å². The highest BCUT2D eigenvalue weighted by molar-refractivity contribution is 5.86. The van der Waals surface area contributed by atoms with E-state index in [-0.39, 0.29) is 11.6 Å². The fourth-order valence-corrected chi connectivity index (χ4v) is 1.41. The molecule has 0 bridgehead atoms. The molecule has 0 aliphatic rings. The first-order valence-electron chi connectivity index (χ1n) is 4.64. The molecule has 82 valence electrons. The Morgan fingerprint density at radius 1 is 1.44 bits per heavy atom. The lowest BCUT2D eigenvalue weighted by Crippen LogP contribution is -2.10. The first-order valence-corrected chi connectivity index (χ1v) is 4.64. The third-order valence-electron chi connectivity index (χ3n) is 2.15. The quantitative estimate of drug-likeness (QED) is 0.773. The van der Waals surface area contributed by atoms with E-state index in [2.05, 4.69) is 9.72 Å². The number of hydrogen-bond acceptors (Lipinski definition) is 4. The maximum Gasteiger partial charge on any atom is 0.374 e. The van der Waals surface area contributed by atoms with Gasteiger partial charge >= 0.3 is 5.97 Å². The van der Waals surface area contributed by atoms with Gasteiger partial charge in [-0.3, -0.25) is 4.57 Å². The van der Waals surface area contributed by atoms with Crippen molar-refractivity contribution in [1.82, 2.24) is 9.55 Å². The Labute approximate surface area is 91.9 Å². The van der Waals surface area contributed by atoms with Crippen LogP contribution in [0.4, 0.5) is 0 Å². The minimum atomic E-state index is -0.548. The molecule has 2 rings (SSSR count). The van der Waals surface area contributed by atoms with E-state index in [0.717, 1.165) is 0 Å². The van der Waals surface area contributed by atoms with Crippen LogP contribution in [0.1, 0.15) is 10.6 Å². The van der Waals surface area contributed by atoms with E-state index in [4.69, 9.17) is 0 Å². The zero-order valence-corrected chi connectivity index (χ0v) is 8.62. The Kier molecular flexibility index (Phi) is 2.59. The van der Waals surface area contributed by atoms with Crippen LogP contribution in [0.25, 0.3) is 5.69 Å². The molecule has 1 heterocycles. The number of phenols is 1. The molecule has 1 aromatic carbocycles. The number of methoxy groups -OCH3 is 1. The van der Waals surface area contributed by atoms with Crippen LogP contribution in [0.3, 0.4) is 0 Å². The van der Waals surface area contributed by atoms with Crippen molar-refractivity contribution in [3.63, 3.8) is 0 Å². The highest BCUT2D eigenvalue weighted by atomic mass is 16.5. The van der Waals surface area contributed by atoms with Crippen LogP contribution >= 0.6 is 0 Å². The Hall–Kier alpha value is -2.30. The van der Waals surface area contributed by atoms with Crippen LogP contribution in [0.15, 0.2) is 36.7 Å². The Bertz CT molecular complexity index is 519. The van der Waals surface area contributed by atoms with Crippen molar-refractivity contribution in [3.8, 4) is 11.4 Å². The number of phenolic OH excluding ortho intramolecular Hbond substituents is 1. The van der Waals surface area contributed by atoms with Crippen molar-refractivity contribution in [2.75, 3.05) is 7.11 Å². The van der Waals surface area contributed by atoms with Crippen LogP contribution in [-0.2, 0) is 4.74 Å². The first-order chi connectivity index (χ1) is 7.74. The Morgan fingerprint density at radius 2 is 2.19 bits per heavy atom. The molecule has 2 aromatic rings. The summed E-state index contributed by atoms with van der Waals surface area (Å²) in [5, 5.41) is 9.66. The number of nitrogens with zero attached hydrogens (tertiary/aromatic N) is 2. The van der Waals surface area contributed by atoms with Gasteiger partial charge in [0.1, 0.15) is 5.75 Å². The lowest BCUT2D eigenvalue weighted by atomic mass is 10.3. The third-order valence-corrected chi connectivity index (χ3v) is 2.15. The van der Waals surface area contributed by atoms with E-state index in [0.29, 0.717) is 5.69 Å². The summed E-state index contributed by atoms with van der Waals surface area (Å²) >= 11 is 0. The van der Waals surface area contributed by atoms with Crippen molar-refractivity contribution in [3.05, 3.63) is 42.5 Å². The number of ether oxygens (including phenoxy) is 1. The molecule has 0 unspecified atom stereocenters. The molecular formula is C11H10N2O3. The second-order valence-corrected chi connectivity index (χ2v) is 3.10. The van der Waals surface area contributed by atoms with Gasteiger partial charge in [0, 0.05) is 12.4 Å². The average molecular weight is 218 g/mol. The Morgan fingerprint density at radius 3 is 2.88 bits per heavy atom. The zero-order valence-electron chi connectivity index (χ0n) is 8.62. The van der Waals surface area contributed by atoms with Crippen molar-refractivity contribution >= 4 is 5.97 Å². The summed E-state index contributed by atoms with van der Waals surface area (Å²) in [5.41, 5.74) is 0.486. The standard InChI is InChI=1S/C11H10N2O3/c1-16-11(15)10-12-6-7-13(10)8-4-2-3-5-9(8)14/h2-7,14H,1H3. The Balaban J connectivity index is 2.53. The molecule has 0 radical (unpaired) electrons. The van der Waals surface area contributed by atoms with Crippen molar-refractivity contribution < 1.29 is 14.6 Å². The van der Waals surface area contributed by atoms with Gasteiger partial charge in [-0.2, -0.15) is 0 Å². The SMILES string of the molecule is COC(=O)c1nccn1-c1ccccc1O. The highest BCUT2D eigenvalue weighted by Gasteiger charge is 2.15. The van der Waals surface area contributed by atoms with Gasteiger partial charge in [0.2, 0.25) is 5.82 Å². The summed E-state index contributed by atoms with van der Waals surface area (Å²) in [6, 6.07) is 6.68. The molecule has 0 amide bonds. The maximum absolute atomic E-state index is 11.4. The highest BCUT2D eigenvalue weighted by Crippen LogP contribution is 2.21. The molecule has 5 heteroatoms. The molecule has 1 N–H and O–H groups in total. The van der Waals surface area contributed by atoms with Crippen LogP contribution in [0.2, 0.25) is 0 Å². The van der Waals surface area contributed by atoms with E-state index >= 15 is 0 Å². The predicted molar refractivity (Wildman–Crippen MR) is 56.6 cm³/mol. The van der Waals surface area contributed by atoms with E-state index < -0.39 is 5.97 Å². The van der Waals surface area contributed by atoms with Gasteiger partial charge in [-0.15, -0.1) is 0 Å². The first kappa shape index (κ1) is 10.2. The van der Waals surface area contributed by atoms with E-state index in [1.54, 1.807) is 24.4 Å². The molecule has 5 nitrogen and oxygen atoms in total. The van der Waals surface area contributed by atoms with Crippen LogP contribution < -0.4 is 0 Å². The van der Waals surface area contributed by atoms with Gasteiger partial charge in [0.25, 0.3) is 0 Å². The summed E-state index contributed by atoms with van der Waals surface area (Å²) < 4.78 is 6.07. The summed E-state index contributed by atoms with van der Waals surface area (Å²) in [6.07, 6.45) is 3.06. The number of carbonyl (C=O) groups excluding carboxylic acids is 1. The summed E-state index contributed by atoms with van der Waals surface area (Å²) in [4.78, 5) is 15.3. The molecule has 0 atom stereocenters. The number of aromatic hydroxyl groups is 1. The third kappa shape index (κ3) is 1.63. The van der Waals surface area contributed by atoms with E-state index in [1.165, 1.54) is 23.9 Å². The number of carbonyl (C=O) groups is 1. The van der Waals surface area contributed by atoms with Gasteiger partial charge in [0.05, 0.1) is 12.8 Å². The van der Waals surface area contributed by atoms with Crippen molar-refractivity contribution in [1.29, 1.82) is 0 Å². The second-order valence-electron chi connectivity index (χ2n) is 3.10. The summed E-state index contributed by atoms with van der Waals surface area (Å²) in [5.74, 6) is -0.345. The maximum atomic E-state index is 11.4. The molecule has 0 aliphatic carbocycles. The lowest BCUT2D eigenvalue weighted by Gasteiger charge is -2.07. The molecular weight excluding hydrogens is 208 g/mol. The topological polar surface area (TPSA) is 64.3 Å². The van der Waals surface area contributed by atoms with Crippen molar-refractivity contribution in [2.45, 2.75) is 0 Å². The van der Waals surface area contributed by atoms with Gasteiger partial charge in [-0.05, 0) is 12.1 Å². The largest absolute Gasteiger partial charge is 0.506 e. The number of benzene rings is 1. The molecule has 0 saturated carbocycles. The number of imidazole rings is 1. The number of aromatic nitrogens is 2. The van der Waals surface area contributed by atoms with Gasteiger partial charge in [0.15, 0.2) is 0 Å². The molecule has 0 spiro atoms. The second kappa shape index (κ2) is 4.06. The van der Waals surface area contributed by atoms with Crippen LogP contribution in [0, 0.1) is 0 Å². The molecule has 0 saturated heterocycles. The zero-order chi connectivity index (χ0) is 11.5. The number of para-hydroxylation sites is 2. The smallest absolute Gasteiger partial charge is 0.374 e. The van der Waals surface area contributed by atoms with Crippen LogP contribution in [-0.4, -0.2) is 27.7 Å². The lowest BCUT2D eigenvalue weighted by molar-refractivity contribution is 0.0584. The fraction of sp³-hybridized carbons (Fsp3) is 0.0909. The average Bonchev–Trinajstić information content (AvgIpc) is 2.77. The summed E-state index contributed by atoms with van der Waals surface area (Å²) in [7, 11) is 1.28. The fourth-order valence-electron chi connectivity index (χ4n) is 1.41. The predicted octanol–water partition coefficient (Wildman–Crippen LogP) is 1.36.